The maximum absolute atomic E-state index is 5.41. The minimum atomic E-state index is -0.406. The highest BCUT2D eigenvalue weighted by molar-refractivity contribution is 7.26. The SMILES string of the molecule is c1ccc(-c2ccc3c(n2)c2ccc4sc5ccccc5c4c2n3-c2ccc3c(c2)C2(c4ccccc4-c4ccccc42)c2ccccc2-3)cc1. The first kappa shape index (κ1) is 27.5. The molecular weight excluding hydrogens is 637 g/mol. The van der Waals surface area contributed by atoms with Crippen LogP contribution < -0.4 is 0 Å². The fourth-order valence-corrected chi connectivity index (χ4v) is 10.5. The fraction of sp³-hybridized carbons (Fsp3) is 0.0208. The molecule has 51 heavy (non-hydrogen) atoms. The third kappa shape index (κ3) is 3.44. The second-order valence-corrected chi connectivity index (χ2v) is 14.9. The molecule has 0 radical (unpaired) electrons. The molecule has 2 aliphatic carbocycles. The third-order valence-corrected chi connectivity index (χ3v) is 12.6. The van der Waals surface area contributed by atoms with Crippen LogP contribution in [0, 0.1) is 0 Å². The molecule has 1 spiro atoms. The van der Waals surface area contributed by atoms with E-state index in [-0.39, 0.29) is 0 Å². The summed E-state index contributed by atoms with van der Waals surface area (Å²) in [7, 11) is 0. The van der Waals surface area contributed by atoms with Gasteiger partial charge in [0.2, 0.25) is 0 Å². The van der Waals surface area contributed by atoms with Crippen molar-refractivity contribution in [1.29, 1.82) is 0 Å². The first-order chi connectivity index (χ1) is 25.3. The third-order valence-electron chi connectivity index (χ3n) is 11.4. The van der Waals surface area contributed by atoms with Gasteiger partial charge in [0.1, 0.15) is 0 Å². The van der Waals surface area contributed by atoms with E-state index in [1.807, 2.05) is 11.3 Å². The zero-order chi connectivity index (χ0) is 33.3. The summed E-state index contributed by atoms with van der Waals surface area (Å²) < 4.78 is 5.09. The number of fused-ring (bicyclic) bond motifs is 17. The van der Waals surface area contributed by atoms with Crippen molar-refractivity contribution in [3.8, 4) is 39.2 Å². The molecule has 0 N–H and O–H groups in total. The van der Waals surface area contributed by atoms with Crippen molar-refractivity contribution in [1.82, 2.24) is 9.55 Å². The molecule has 0 saturated heterocycles. The summed E-state index contributed by atoms with van der Waals surface area (Å²) in [5.41, 5.74) is 16.9. The van der Waals surface area contributed by atoms with E-state index in [1.165, 1.54) is 75.6 Å². The van der Waals surface area contributed by atoms with Crippen LogP contribution in [-0.4, -0.2) is 9.55 Å². The van der Waals surface area contributed by atoms with Gasteiger partial charge in [-0.1, -0.05) is 127 Å². The Morgan fingerprint density at radius 2 is 1.10 bits per heavy atom. The smallest absolute Gasteiger partial charge is 0.0971 e. The van der Waals surface area contributed by atoms with E-state index in [9.17, 15) is 0 Å². The summed E-state index contributed by atoms with van der Waals surface area (Å²) in [6.45, 7) is 0. The lowest BCUT2D eigenvalue weighted by Gasteiger charge is -2.30. The lowest BCUT2D eigenvalue weighted by molar-refractivity contribution is 0.792. The minimum absolute atomic E-state index is 0.406. The summed E-state index contributed by atoms with van der Waals surface area (Å²) in [5, 5.41) is 3.76. The van der Waals surface area contributed by atoms with Gasteiger partial charge < -0.3 is 4.57 Å². The molecule has 7 aromatic carbocycles. The Morgan fingerprint density at radius 1 is 0.471 bits per heavy atom. The van der Waals surface area contributed by atoms with E-state index >= 15 is 0 Å². The van der Waals surface area contributed by atoms with Crippen molar-refractivity contribution < 1.29 is 0 Å². The quantitative estimate of drug-likeness (QED) is 0.180. The van der Waals surface area contributed by atoms with Crippen molar-refractivity contribution in [2.45, 2.75) is 5.41 Å². The maximum Gasteiger partial charge on any atom is 0.0971 e. The highest BCUT2D eigenvalue weighted by Gasteiger charge is 2.51. The molecule has 0 saturated carbocycles. The van der Waals surface area contributed by atoms with Gasteiger partial charge in [0.25, 0.3) is 0 Å². The van der Waals surface area contributed by atoms with Gasteiger partial charge in [0.15, 0.2) is 0 Å². The molecule has 10 aromatic rings. The van der Waals surface area contributed by atoms with E-state index < -0.39 is 5.41 Å². The molecule has 2 nitrogen and oxygen atoms in total. The monoisotopic (exact) mass is 664 g/mol. The first-order valence-electron chi connectivity index (χ1n) is 17.6. The standard InChI is InChI=1S/C48H28N2S/c1-2-12-29(13-3-1)41-25-26-42-46(49-41)36-24-27-44-45(35-17-7-11-21-43(35)51-44)47(36)50(42)30-22-23-34-33-16-6-10-20-39(33)48(40(34)28-30)37-18-8-4-14-31(37)32-15-5-9-19-38(32)48/h1-28H. The highest BCUT2D eigenvalue weighted by atomic mass is 32.1. The number of thiophene rings is 1. The number of hydrogen-bond acceptors (Lipinski definition) is 2. The lowest BCUT2D eigenvalue weighted by atomic mass is 9.70. The lowest BCUT2D eigenvalue weighted by Crippen LogP contribution is -2.26. The zero-order valence-corrected chi connectivity index (χ0v) is 28.3. The molecule has 3 heterocycles. The fourth-order valence-electron chi connectivity index (χ4n) is 9.43. The van der Waals surface area contributed by atoms with Gasteiger partial charge in [0.05, 0.1) is 27.7 Å². The first-order valence-corrected chi connectivity index (χ1v) is 18.4. The normalized spacial score (nSPS) is 13.6. The Balaban J connectivity index is 1.22. The van der Waals surface area contributed by atoms with Gasteiger partial charge in [-0.2, -0.15) is 0 Å². The topological polar surface area (TPSA) is 17.8 Å². The van der Waals surface area contributed by atoms with E-state index in [2.05, 4.69) is 174 Å². The number of aromatic nitrogens is 2. The Labute approximate surface area is 298 Å². The summed E-state index contributed by atoms with van der Waals surface area (Å²) in [4.78, 5) is 5.41. The van der Waals surface area contributed by atoms with Crippen LogP contribution in [0.5, 0.6) is 0 Å². The molecule has 236 valence electrons. The molecule has 0 atom stereocenters. The van der Waals surface area contributed by atoms with Crippen LogP contribution in [0.3, 0.4) is 0 Å². The van der Waals surface area contributed by atoms with Crippen molar-refractivity contribution in [3.05, 3.63) is 192 Å². The summed E-state index contributed by atoms with van der Waals surface area (Å²) in [6, 6.07) is 62.7. The van der Waals surface area contributed by atoms with Gasteiger partial charge in [0, 0.05) is 36.8 Å². The molecular formula is C48H28N2S. The summed E-state index contributed by atoms with van der Waals surface area (Å²) in [6.07, 6.45) is 0. The Kier molecular flexibility index (Phi) is 5.35. The number of hydrogen-bond donors (Lipinski definition) is 0. The van der Waals surface area contributed by atoms with Gasteiger partial charge in [-0.25, -0.2) is 4.98 Å². The molecule has 12 rings (SSSR count). The number of rotatable bonds is 2. The maximum atomic E-state index is 5.41. The molecule has 3 aromatic heterocycles. The van der Waals surface area contributed by atoms with Crippen molar-refractivity contribution >= 4 is 53.4 Å². The molecule has 0 aliphatic heterocycles. The Bertz CT molecular complexity index is 3030. The van der Waals surface area contributed by atoms with E-state index in [1.54, 1.807) is 0 Å². The van der Waals surface area contributed by atoms with Crippen LogP contribution in [0.1, 0.15) is 22.3 Å². The largest absolute Gasteiger partial charge is 0.307 e. The van der Waals surface area contributed by atoms with Crippen LogP contribution in [0.15, 0.2) is 170 Å². The zero-order valence-electron chi connectivity index (χ0n) is 27.5. The van der Waals surface area contributed by atoms with Gasteiger partial charge in [-0.05, 0) is 87.0 Å². The second kappa shape index (κ2) is 9.91. The second-order valence-electron chi connectivity index (χ2n) is 13.8. The van der Waals surface area contributed by atoms with Gasteiger partial charge >= 0.3 is 0 Å². The Hall–Kier alpha value is -6.29. The van der Waals surface area contributed by atoms with E-state index in [0.717, 1.165) is 28.0 Å². The van der Waals surface area contributed by atoms with Crippen LogP contribution in [0.25, 0.3) is 81.3 Å². The number of pyridine rings is 1. The van der Waals surface area contributed by atoms with Crippen LogP contribution >= 0.6 is 11.3 Å². The molecule has 0 unspecified atom stereocenters. The predicted molar refractivity (Wildman–Crippen MR) is 213 cm³/mol. The van der Waals surface area contributed by atoms with Gasteiger partial charge in [-0.3, -0.25) is 0 Å². The van der Waals surface area contributed by atoms with Crippen molar-refractivity contribution in [2.75, 3.05) is 0 Å². The van der Waals surface area contributed by atoms with Crippen molar-refractivity contribution in [3.63, 3.8) is 0 Å². The highest BCUT2D eigenvalue weighted by Crippen LogP contribution is 2.63. The average Bonchev–Trinajstić information content (AvgIpc) is 3.91. The summed E-state index contributed by atoms with van der Waals surface area (Å²) in [5.74, 6) is 0. The predicted octanol–water partition coefficient (Wildman–Crippen LogP) is 12.6. The van der Waals surface area contributed by atoms with Crippen LogP contribution in [-0.2, 0) is 5.41 Å². The van der Waals surface area contributed by atoms with E-state index in [4.69, 9.17) is 4.98 Å². The van der Waals surface area contributed by atoms with Gasteiger partial charge in [-0.15, -0.1) is 11.3 Å². The van der Waals surface area contributed by atoms with E-state index in [0.29, 0.717) is 0 Å². The van der Waals surface area contributed by atoms with Crippen molar-refractivity contribution in [2.24, 2.45) is 0 Å². The molecule has 0 bridgehead atoms. The van der Waals surface area contributed by atoms with Crippen LogP contribution in [0.4, 0.5) is 0 Å². The molecule has 3 heteroatoms. The summed E-state index contributed by atoms with van der Waals surface area (Å²) >= 11 is 1.87. The number of nitrogens with zero attached hydrogens (tertiary/aromatic N) is 2. The van der Waals surface area contributed by atoms with Crippen LogP contribution in [0.2, 0.25) is 0 Å². The number of benzene rings is 7. The molecule has 0 amide bonds. The average molecular weight is 665 g/mol. The Morgan fingerprint density at radius 3 is 1.82 bits per heavy atom. The molecule has 2 aliphatic rings. The molecule has 0 fully saturated rings. The minimum Gasteiger partial charge on any atom is -0.307 e.